The molecule has 2 nitrogen and oxygen atoms in total. The summed E-state index contributed by atoms with van der Waals surface area (Å²) in [5, 5.41) is 0. The van der Waals surface area contributed by atoms with Crippen LogP contribution < -0.4 is 5.73 Å². The van der Waals surface area contributed by atoms with E-state index >= 15 is 0 Å². The molecule has 1 atom stereocenters. The maximum atomic E-state index is 6.01. The lowest BCUT2D eigenvalue weighted by Crippen LogP contribution is -2.22. The second-order valence-electron chi connectivity index (χ2n) is 3.51. The van der Waals surface area contributed by atoms with Crippen molar-refractivity contribution in [3.05, 3.63) is 21.3 Å². The van der Waals surface area contributed by atoms with Crippen molar-refractivity contribution in [2.75, 3.05) is 13.2 Å². The van der Waals surface area contributed by atoms with Crippen LogP contribution >= 0.6 is 22.9 Å². The average Bonchev–Trinajstić information content (AvgIpc) is 2.59. The first kappa shape index (κ1) is 13.0. The van der Waals surface area contributed by atoms with Crippen molar-refractivity contribution in [2.45, 2.75) is 32.2 Å². The average molecular weight is 248 g/mol. The highest BCUT2D eigenvalue weighted by molar-refractivity contribution is 7.16. The standard InChI is InChI=1S/C11H18ClNOS/c1-2-14-7-3-4-9(13)8-10-5-6-11(12)15-10/h5-6,9H,2-4,7-8,13H2,1H3. The maximum Gasteiger partial charge on any atom is 0.0931 e. The van der Waals surface area contributed by atoms with Gasteiger partial charge in [-0.25, -0.2) is 0 Å². The lowest BCUT2D eigenvalue weighted by atomic mass is 10.1. The summed E-state index contributed by atoms with van der Waals surface area (Å²) in [7, 11) is 0. The van der Waals surface area contributed by atoms with Gasteiger partial charge >= 0.3 is 0 Å². The van der Waals surface area contributed by atoms with E-state index in [4.69, 9.17) is 22.1 Å². The van der Waals surface area contributed by atoms with Crippen LogP contribution in [0.5, 0.6) is 0 Å². The van der Waals surface area contributed by atoms with Crippen LogP contribution in [0.2, 0.25) is 4.34 Å². The van der Waals surface area contributed by atoms with Gasteiger partial charge < -0.3 is 10.5 Å². The fraction of sp³-hybridized carbons (Fsp3) is 0.636. The molecule has 1 rings (SSSR count). The number of hydrogen-bond donors (Lipinski definition) is 1. The lowest BCUT2D eigenvalue weighted by Gasteiger charge is -2.09. The molecule has 0 spiro atoms. The largest absolute Gasteiger partial charge is 0.382 e. The fourth-order valence-electron chi connectivity index (χ4n) is 1.41. The SMILES string of the molecule is CCOCCCC(N)Cc1ccc(Cl)s1. The third-order valence-corrected chi connectivity index (χ3v) is 3.41. The molecule has 0 saturated heterocycles. The summed E-state index contributed by atoms with van der Waals surface area (Å²) in [6, 6.07) is 4.20. The van der Waals surface area contributed by atoms with Gasteiger partial charge in [-0.05, 0) is 38.3 Å². The first-order chi connectivity index (χ1) is 7.22. The Hall–Kier alpha value is -0.0900. The Bertz CT molecular complexity index is 277. The van der Waals surface area contributed by atoms with E-state index < -0.39 is 0 Å². The first-order valence-electron chi connectivity index (χ1n) is 5.30. The molecule has 4 heteroatoms. The van der Waals surface area contributed by atoms with Crippen LogP contribution in [0.15, 0.2) is 12.1 Å². The van der Waals surface area contributed by atoms with Gasteiger partial charge in [0.15, 0.2) is 0 Å². The van der Waals surface area contributed by atoms with E-state index in [-0.39, 0.29) is 6.04 Å². The molecule has 0 aliphatic carbocycles. The molecule has 1 unspecified atom stereocenters. The molecule has 86 valence electrons. The number of halogens is 1. The van der Waals surface area contributed by atoms with Crippen LogP contribution in [-0.2, 0) is 11.2 Å². The van der Waals surface area contributed by atoms with Gasteiger partial charge in [0.1, 0.15) is 0 Å². The van der Waals surface area contributed by atoms with Crippen LogP contribution in [0.1, 0.15) is 24.6 Å². The van der Waals surface area contributed by atoms with Crippen molar-refractivity contribution in [1.29, 1.82) is 0 Å². The minimum absolute atomic E-state index is 0.222. The lowest BCUT2D eigenvalue weighted by molar-refractivity contribution is 0.142. The molecule has 0 amide bonds. The molecule has 2 N–H and O–H groups in total. The quantitative estimate of drug-likeness (QED) is 0.752. The van der Waals surface area contributed by atoms with Gasteiger partial charge in [-0.3, -0.25) is 0 Å². The summed E-state index contributed by atoms with van der Waals surface area (Å²) in [4.78, 5) is 1.27. The highest BCUT2D eigenvalue weighted by atomic mass is 35.5. The van der Waals surface area contributed by atoms with Crippen LogP contribution in [-0.4, -0.2) is 19.3 Å². The summed E-state index contributed by atoms with van der Waals surface area (Å²) >= 11 is 7.46. The molecule has 0 aliphatic rings. The van der Waals surface area contributed by atoms with Crippen LogP contribution in [0.25, 0.3) is 0 Å². The molecule has 0 bridgehead atoms. The van der Waals surface area contributed by atoms with Gasteiger partial charge in [-0.1, -0.05) is 11.6 Å². The summed E-state index contributed by atoms with van der Waals surface area (Å²) in [6.07, 6.45) is 2.97. The Kier molecular flexibility index (Phi) is 6.25. The third kappa shape index (κ3) is 5.52. The third-order valence-electron chi connectivity index (χ3n) is 2.16. The molecule has 1 aromatic heterocycles. The molecule has 0 aromatic carbocycles. The molecule has 1 aromatic rings. The molecule has 0 fully saturated rings. The van der Waals surface area contributed by atoms with Crippen molar-refractivity contribution >= 4 is 22.9 Å². The number of nitrogens with two attached hydrogens (primary N) is 1. The topological polar surface area (TPSA) is 35.2 Å². The van der Waals surface area contributed by atoms with E-state index in [1.54, 1.807) is 11.3 Å². The Morgan fingerprint density at radius 1 is 1.53 bits per heavy atom. The second kappa shape index (κ2) is 7.23. The van der Waals surface area contributed by atoms with Crippen LogP contribution in [0.4, 0.5) is 0 Å². The summed E-state index contributed by atoms with van der Waals surface area (Å²) < 4.78 is 6.10. The fourth-order valence-corrected chi connectivity index (χ4v) is 2.59. The molecule has 0 aliphatic heterocycles. The number of ether oxygens (including phenoxy) is 1. The number of thiophene rings is 1. The molecular formula is C11H18ClNOS. The van der Waals surface area contributed by atoms with Gasteiger partial charge in [0, 0.05) is 24.1 Å². The Labute approximate surface area is 100 Å². The first-order valence-corrected chi connectivity index (χ1v) is 6.49. The Morgan fingerprint density at radius 3 is 2.93 bits per heavy atom. The van der Waals surface area contributed by atoms with Crippen molar-refractivity contribution in [3.63, 3.8) is 0 Å². The van der Waals surface area contributed by atoms with E-state index in [0.717, 1.165) is 36.8 Å². The van der Waals surface area contributed by atoms with E-state index in [1.165, 1.54) is 4.88 Å². The zero-order valence-corrected chi connectivity index (χ0v) is 10.6. The predicted octanol–water partition coefficient (Wildman–Crippen LogP) is 3.09. The molecule has 0 radical (unpaired) electrons. The summed E-state index contributed by atoms with van der Waals surface area (Å²) in [5.41, 5.74) is 6.01. The van der Waals surface area contributed by atoms with E-state index in [0.29, 0.717) is 0 Å². The van der Waals surface area contributed by atoms with Crippen molar-refractivity contribution < 1.29 is 4.74 Å². The van der Waals surface area contributed by atoms with Gasteiger partial charge in [0.25, 0.3) is 0 Å². The van der Waals surface area contributed by atoms with Crippen molar-refractivity contribution in [3.8, 4) is 0 Å². The summed E-state index contributed by atoms with van der Waals surface area (Å²) in [6.45, 7) is 3.61. The minimum atomic E-state index is 0.222. The van der Waals surface area contributed by atoms with Gasteiger partial charge in [0.05, 0.1) is 4.34 Å². The minimum Gasteiger partial charge on any atom is -0.382 e. The van der Waals surface area contributed by atoms with Gasteiger partial charge in [-0.15, -0.1) is 11.3 Å². The van der Waals surface area contributed by atoms with Crippen LogP contribution in [0, 0.1) is 0 Å². The smallest absolute Gasteiger partial charge is 0.0931 e. The number of rotatable bonds is 7. The highest BCUT2D eigenvalue weighted by Gasteiger charge is 2.05. The van der Waals surface area contributed by atoms with Crippen LogP contribution in [0.3, 0.4) is 0 Å². The zero-order valence-electron chi connectivity index (χ0n) is 9.04. The Morgan fingerprint density at radius 2 is 2.33 bits per heavy atom. The second-order valence-corrected chi connectivity index (χ2v) is 5.31. The molecular weight excluding hydrogens is 230 g/mol. The highest BCUT2D eigenvalue weighted by Crippen LogP contribution is 2.22. The van der Waals surface area contributed by atoms with Gasteiger partial charge in [0.2, 0.25) is 0 Å². The maximum absolute atomic E-state index is 6.01. The van der Waals surface area contributed by atoms with Gasteiger partial charge in [-0.2, -0.15) is 0 Å². The predicted molar refractivity (Wildman–Crippen MR) is 66.7 cm³/mol. The monoisotopic (exact) mass is 247 g/mol. The zero-order chi connectivity index (χ0) is 11.1. The van der Waals surface area contributed by atoms with Crippen molar-refractivity contribution in [2.24, 2.45) is 5.73 Å². The van der Waals surface area contributed by atoms with E-state index in [1.807, 2.05) is 13.0 Å². The Balaban J connectivity index is 2.15. The van der Waals surface area contributed by atoms with Crippen molar-refractivity contribution in [1.82, 2.24) is 0 Å². The van der Waals surface area contributed by atoms with E-state index in [9.17, 15) is 0 Å². The molecule has 0 saturated carbocycles. The molecule has 1 heterocycles. The molecule has 15 heavy (non-hydrogen) atoms. The number of hydrogen-bond acceptors (Lipinski definition) is 3. The van der Waals surface area contributed by atoms with E-state index in [2.05, 4.69) is 6.07 Å². The summed E-state index contributed by atoms with van der Waals surface area (Å²) in [5.74, 6) is 0. The normalized spacial score (nSPS) is 13.0.